The first-order valence-corrected chi connectivity index (χ1v) is 7.46. The van der Waals surface area contributed by atoms with Gasteiger partial charge in [0, 0.05) is 6.20 Å². The van der Waals surface area contributed by atoms with Gasteiger partial charge in [0.05, 0.1) is 4.92 Å². The maximum absolute atomic E-state index is 11.5. The Bertz CT molecular complexity index is 912. The first-order valence-electron chi connectivity index (χ1n) is 7.46. The minimum atomic E-state index is -0.582. The van der Waals surface area contributed by atoms with Crippen molar-refractivity contribution in [2.75, 3.05) is 5.32 Å². The van der Waals surface area contributed by atoms with E-state index in [2.05, 4.69) is 20.3 Å². The van der Waals surface area contributed by atoms with Crippen molar-refractivity contribution in [3.8, 4) is 11.6 Å². The summed E-state index contributed by atoms with van der Waals surface area (Å²) in [5.74, 6) is 0.773. The molecule has 2 heterocycles. The summed E-state index contributed by atoms with van der Waals surface area (Å²) in [5, 5.41) is 14.4. The summed E-state index contributed by atoms with van der Waals surface area (Å²) in [5.41, 5.74) is 1.66. The van der Waals surface area contributed by atoms with E-state index < -0.39 is 4.92 Å². The number of rotatable bonds is 5. The second-order valence-corrected chi connectivity index (χ2v) is 5.39. The number of hydrogen-bond donors (Lipinski definition) is 1. The lowest BCUT2D eigenvalue weighted by Gasteiger charge is -2.09. The predicted octanol–water partition coefficient (Wildman–Crippen LogP) is 3.93. The van der Waals surface area contributed by atoms with E-state index in [1.54, 1.807) is 24.4 Å². The van der Waals surface area contributed by atoms with E-state index in [9.17, 15) is 10.1 Å². The fourth-order valence-electron chi connectivity index (χ4n) is 2.14. The molecular weight excluding hydrogens is 322 g/mol. The number of nitrogens with one attached hydrogen (secondary N) is 1. The third-order valence-electron chi connectivity index (χ3n) is 3.37. The molecule has 126 valence electrons. The average molecular weight is 337 g/mol. The lowest BCUT2D eigenvalue weighted by atomic mass is 10.2. The summed E-state index contributed by atoms with van der Waals surface area (Å²) in [4.78, 5) is 22.9. The first-order chi connectivity index (χ1) is 12.0. The van der Waals surface area contributed by atoms with Crippen LogP contribution in [0.15, 0.2) is 48.9 Å². The van der Waals surface area contributed by atoms with Gasteiger partial charge in [0.2, 0.25) is 5.82 Å². The zero-order valence-corrected chi connectivity index (χ0v) is 13.6. The summed E-state index contributed by atoms with van der Waals surface area (Å²) in [6.07, 6.45) is 2.81. The average Bonchev–Trinajstić information content (AvgIpc) is 2.57. The van der Waals surface area contributed by atoms with Crippen molar-refractivity contribution >= 4 is 17.3 Å². The van der Waals surface area contributed by atoms with Crippen molar-refractivity contribution < 1.29 is 9.66 Å². The van der Waals surface area contributed by atoms with Crippen LogP contribution in [0.5, 0.6) is 11.6 Å². The molecule has 8 nitrogen and oxygen atoms in total. The summed E-state index contributed by atoms with van der Waals surface area (Å²) in [6.45, 7) is 3.83. The third kappa shape index (κ3) is 3.86. The Morgan fingerprint density at radius 1 is 1.04 bits per heavy atom. The van der Waals surface area contributed by atoms with Gasteiger partial charge in [0.15, 0.2) is 0 Å². The molecule has 0 radical (unpaired) electrons. The summed E-state index contributed by atoms with van der Waals surface area (Å²) in [7, 11) is 0. The quantitative estimate of drug-likeness (QED) is 0.555. The molecule has 0 amide bonds. The minimum Gasteiger partial charge on any atom is -0.434 e. The van der Waals surface area contributed by atoms with Gasteiger partial charge in [0.1, 0.15) is 17.9 Å². The van der Waals surface area contributed by atoms with Gasteiger partial charge in [-0.25, -0.2) is 9.97 Å². The molecule has 0 bridgehead atoms. The topological polar surface area (TPSA) is 103 Å². The Morgan fingerprint density at radius 2 is 1.80 bits per heavy atom. The van der Waals surface area contributed by atoms with Crippen LogP contribution < -0.4 is 10.1 Å². The van der Waals surface area contributed by atoms with Crippen LogP contribution in [0.25, 0.3) is 0 Å². The molecule has 3 rings (SSSR count). The maximum atomic E-state index is 11.5. The highest BCUT2D eigenvalue weighted by Crippen LogP contribution is 2.35. The van der Waals surface area contributed by atoms with E-state index in [1.165, 1.54) is 6.33 Å². The summed E-state index contributed by atoms with van der Waals surface area (Å²) in [6, 6.07) is 10.7. The fourth-order valence-corrected chi connectivity index (χ4v) is 2.14. The smallest absolute Gasteiger partial charge is 0.373 e. The number of benzene rings is 1. The normalized spacial score (nSPS) is 10.3. The monoisotopic (exact) mass is 337 g/mol. The molecule has 3 aromatic rings. The second-order valence-electron chi connectivity index (χ2n) is 5.39. The SMILES string of the molecule is Cc1ccc(Oc2ncnc(Nc3cc(C)ccn3)c2[N+](=O)[O-])cc1. The van der Waals surface area contributed by atoms with Gasteiger partial charge in [-0.3, -0.25) is 10.1 Å². The molecule has 8 heteroatoms. The van der Waals surface area contributed by atoms with Crippen molar-refractivity contribution in [1.29, 1.82) is 0 Å². The third-order valence-corrected chi connectivity index (χ3v) is 3.37. The van der Waals surface area contributed by atoms with Gasteiger partial charge in [-0.2, -0.15) is 4.98 Å². The number of pyridine rings is 1. The molecule has 0 aliphatic carbocycles. The standard InChI is InChI=1S/C17H15N5O3/c1-11-3-5-13(6-4-11)25-17-15(22(23)24)16(19-10-20-17)21-14-9-12(2)7-8-18-14/h3-10H,1-2H3,(H,18,19,20,21). The van der Waals surface area contributed by atoms with Crippen molar-refractivity contribution in [1.82, 2.24) is 15.0 Å². The zero-order valence-electron chi connectivity index (χ0n) is 13.6. The molecule has 0 saturated carbocycles. The molecule has 0 aliphatic rings. The van der Waals surface area contributed by atoms with E-state index in [-0.39, 0.29) is 17.4 Å². The zero-order chi connectivity index (χ0) is 17.8. The van der Waals surface area contributed by atoms with Crippen LogP contribution in [0.1, 0.15) is 11.1 Å². The van der Waals surface area contributed by atoms with Crippen molar-refractivity contribution in [2.45, 2.75) is 13.8 Å². The molecule has 0 fully saturated rings. The predicted molar refractivity (Wildman–Crippen MR) is 92.2 cm³/mol. The van der Waals surface area contributed by atoms with Crippen LogP contribution >= 0.6 is 0 Å². The van der Waals surface area contributed by atoms with E-state index in [0.29, 0.717) is 11.6 Å². The number of nitrogens with zero attached hydrogens (tertiary/aromatic N) is 4. The summed E-state index contributed by atoms with van der Waals surface area (Å²) >= 11 is 0. The lowest BCUT2D eigenvalue weighted by Crippen LogP contribution is -2.04. The number of aromatic nitrogens is 3. The first kappa shape index (κ1) is 16.3. The Morgan fingerprint density at radius 3 is 2.48 bits per heavy atom. The molecular formula is C17H15N5O3. The van der Waals surface area contributed by atoms with Crippen molar-refractivity contribution in [3.05, 3.63) is 70.2 Å². The number of nitro groups is 1. The Balaban J connectivity index is 1.96. The number of anilines is 2. The van der Waals surface area contributed by atoms with E-state index in [4.69, 9.17) is 4.74 Å². The van der Waals surface area contributed by atoms with Gasteiger partial charge < -0.3 is 10.1 Å². The van der Waals surface area contributed by atoms with E-state index in [0.717, 1.165) is 11.1 Å². The lowest BCUT2D eigenvalue weighted by molar-refractivity contribution is -0.385. The highest BCUT2D eigenvalue weighted by atomic mass is 16.6. The van der Waals surface area contributed by atoms with E-state index >= 15 is 0 Å². The highest BCUT2D eigenvalue weighted by Gasteiger charge is 2.25. The Hall–Kier alpha value is -3.55. The number of ether oxygens (including phenoxy) is 1. The second kappa shape index (κ2) is 6.91. The van der Waals surface area contributed by atoms with Gasteiger partial charge in [-0.15, -0.1) is 0 Å². The van der Waals surface area contributed by atoms with Gasteiger partial charge in [-0.05, 0) is 43.7 Å². The van der Waals surface area contributed by atoms with Crippen molar-refractivity contribution in [3.63, 3.8) is 0 Å². The minimum absolute atomic E-state index is 0.0141. The largest absolute Gasteiger partial charge is 0.434 e. The maximum Gasteiger partial charge on any atom is 0.373 e. The molecule has 2 aromatic heterocycles. The highest BCUT2D eigenvalue weighted by molar-refractivity contribution is 5.67. The van der Waals surface area contributed by atoms with Gasteiger partial charge in [-0.1, -0.05) is 17.7 Å². The molecule has 1 N–H and O–H groups in total. The van der Waals surface area contributed by atoms with Crippen LogP contribution in [-0.2, 0) is 0 Å². The Labute approximate surface area is 143 Å². The molecule has 0 saturated heterocycles. The molecule has 0 unspecified atom stereocenters. The fraction of sp³-hybridized carbons (Fsp3) is 0.118. The number of hydrogen-bond acceptors (Lipinski definition) is 7. The molecule has 0 atom stereocenters. The number of aryl methyl sites for hydroxylation is 2. The summed E-state index contributed by atoms with van der Waals surface area (Å²) < 4.78 is 5.57. The van der Waals surface area contributed by atoms with Crippen LogP contribution in [0, 0.1) is 24.0 Å². The Kier molecular flexibility index (Phi) is 4.51. The van der Waals surface area contributed by atoms with Crippen LogP contribution in [0.3, 0.4) is 0 Å². The van der Waals surface area contributed by atoms with Crippen molar-refractivity contribution in [2.24, 2.45) is 0 Å². The van der Waals surface area contributed by atoms with Gasteiger partial charge in [0.25, 0.3) is 0 Å². The molecule has 0 aliphatic heterocycles. The van der Waals surface area contributed by atoms with Crippen LogP contribution in [0.4, 0.5) is 17.3 Å². The molecule has 25 heavy (non-hydrogen) atoms. The van der Waals surface area contributed by atoms with Gasteiger partial charge >= 0.3 is 11.6 Å². The van der Waals surface area contributed by atoms with Crippen LogP contribution in [0.2, 0.25) is 0 Å². The van der Waals surface area contributed by atoms with Crippen LogP contribution in [-0.4, -0.2) is 19.9 Å². The molecule has 0 spiro atoms. The van der Waals surface area contributed by atoms with E-state index in [1.807, 2.05) is 32.0 Å². The molecule has 1 aromatic carbocycles.